The van der Waals surface area contributed by atoms with Gasteiger partial charge in [-0.15, -0.1) is 0 Å². The summed E-state index contributed by atoms with van der Waals surface area (Å²) in [5.41, 5.74) is -0.104. The number of carbonyl (C=O) groups excluding carboxylic acids is 2. The van der Waals surface area contributed by atoms with Crippen LogP contribution < -0.4 is 5.32 Å². The van der Waals surface area contributed by atoms with Crippen LogP contribution in [0, 0.1) is 0 Å². The first-order valence-corrected chi connectivity index (χ1v) is 7.13. The molecule has 1 aromatic carbocycles. The van der Waals surface area contributed by atoms with Gasteiger partial charge in [0.2, 0.25) is 11.8 Å². The zero-order valence-electron chi connectivity index (χ0n) is 11.5. The van der Waals surface area contributed by atoms with Gasteiger partial charge in [-0.25, -0.2) is 0 Å². The lowest BCUT2D eigenvalue weighted by molar-refractivity contribution is -0.153. The molecule has 1 fully saturated rings. The summed E-state index contributed by atoms with van der Waals surface area (Å²) in [7, 11) is 0. The van der Waals surface area contributed by atoms with Gasteiger partial charge in [-0.3, -0.25) is 9.59 Å². The predicted octanol–water partition coefficient (Wildman–Crippen LogP) is 2.37. The highest BCUT2D eigenvalue weighted by Crippen LogP contribution is 2.30. The number of piperazine rings is 1. The van der Waals surface area contributed by atoms with E-state index in [1.54, 1.807) is 18.7 Å². The van der Waals surface area contributed by atoms with Crippen molar-refractivity contribution in [1.82, 2.24) is 10.2 Å². The van der Waals surface area contributed by atoms with E-state index in [-0.39, 0.29) is 11.8 Å². The molecule has 1 aliphatic heterocycles. The van der Waals surface area contributed by atoms with E-state index in [1.807, 2.05) is 30.3 Å². The van der Waals surface area contributed by atoms with E-state index in [4.69, 9.17) is 0 Å². The maximum absolute atomic E-state index is 12.6. The van der Waals surface area contributed by atoms with E-state index in [9.17, 15) is 9.59 Å². The molecule has 1 aliphatic rings. The van der Waals surface area contributed by atoms with E-state index in [1.165, 1.54) is 0 Å². The van der Waals surface area contributed by atoms with E-state index in [2.05, 4.69) is 27.8 Å². The molecule has 20 heavy (non-hydrogen) atoms. The van der Waals surface area contributed by atoms with Gasteiger partial charge in [0.05, 0.1) is 6.54 Å². The summed E-state index contributed by atoms with van der Waals surface area (Å²) in [6, 6.07) is 8.66. The van der Waals surface area contributed by atoms with Crippen LogP contribution >= 0.6 is 15.9 Å². The minimum Gasteiger partial charge on any atom is -0.340 e. The van der Waals surface area contributed by atoms with Crippen molar-refractivity contribution >= 4 is 27.7 Å². The van der Waals surface area contributed by atoms with Gasteiger partial charge in [0, 0.05) is 4.48 Å². The number of halogens is 1. The van der Waals surface area contributed by atoms with Crippen LogP contribution in [-0.4, -0.2) is 28.8 Å². The fourth-order valence-electron chi connectivity index (χ4n) is 2.36. The number of rotatable bonds is 3. The average Bonchev–Trinajstić information content (AvgIpc) is 2.36. The number of nitrogens with zero attached hydrogens (tertiary/aromatic N) is 1. The first kappa shape index (κ1) is 14.8. The Bertz CT molecular complexity index is 554. The molecule has 1 saturated heterocycles. The van der Waals surface area contributed by atoms with Crippen molar-refractivity contribution in [3.8, 4) is 0 Å². The molecule has 1 unspecified atom stereocenters. The van der Waals surface area contributed by atoms with Crippen LogP contribution in [0.15, 0.2) is 41.4 Å². The van der Waals surface area contributed by atoms with Crippen molar-refractivity contribution in [2.45, 2.75) is 25.4 Å². The van der Waals surface area contributed by atoms with Gasteiger partial charge in [-0.05, 0) is 19.4 Å². The summed E-state index contributed by atoms with van der Waals surface area (Å²) in [6.45, 7) is 7.49. The molecule has 2 amide bonds. The molecule has 2 rings (SSSR count). The third-order valence-electron chi connectivity index (χ3n) is 3.25. The Morgan fingerprint density at radius 3 is 2.50 bits per heavy atom. The molecule has 0 bridgehead atoms. The lowest BCUT2D eigenvalue weighted by atomic mass is 9.93. The van der Waals surface area contributed by atoms with Gasteiger partial charge in [0.25, 0.3) is 0 Å². The Morgan fingerprint density at radius 2 is 1.95 bits per heavy atom. The summed E-state index contributed by atoms with van der Waals surface area (Å²) >= 11 is 3.27. The van der Waals surface area contributed by atoms with Crippen molar-refractivity contribution in [2.75, 3.05) is 6.54 Å². The highest BCUT2D eigenvalue weighted by Gasteiger charge is 2.45. The first-order chi connectivity index (χ1) is 9.33. The molecular weight excluding hydrogens is 320 g/mol. The third-order valence-corrected chi connectivity index (χ3v) is 3.50. The zero-order chi connectivity index (χ0) is 14.9. The minimum atomic E-state index is -0.898. The maximum atomic E-state index is 12.6. The zero-order valence-corrected chi connectivity index (χ0v) is 13.1. The molecule has 4 nitrogen and oxygen atoms in total. The summed E-state index contributed by atoms with van der Waals surface area (Å²) < 4.78 is 0.664. The topological polar surface area (TPSA) is 49.4 Å². The molecular formula is C15H17BrN2O2. The molecule has 0 aliphatic carbocycles. The Hall–Kier alpha value is -1.62. The monoisotopic (exact) mass is 336 g/mol. The smallest absolute Gasteiger partial charge is 0.249 e. The molecule has 1 N–H and O–H groups in total. The minimum absolute atomic E-state index is 0.119. The molecule has 1 atom stereocenters. The van der Waals surface area contributed by atoms with Crippen molar-refractivity contribution in [2.24, 2.45) is 0 Å². The van der Waals surface area contributed by atoms with Gasteiger partial charge in [-0.1, -0.05) is 52.8 Å². The summed E-state index contributed by atoms with van der Waals surface area (Å²) in [5.74, 6) is -0.291. The van der Waals surface area contributed by atoms with Crippen LogP contribution in [0.5, 0.6) is 0 Å². The second kappa shape index (κ2) is 5.40. The van der Waals surface area contributed by atoms with Crippen molar-refractivity contribution in [3.05, 3.63) is 47.0 Å². The lowest BCUT2D eigenvalue weighted by Crippen LogP contribution is -2.64. The number of amides is 2. The Labute approximate surface area is 127 Å². The number of hydrogen-bond acceptors (Lipinski definition) is 2. The Balaban J connectivity index is 2.44. The average molecular weight is 337 g/mol. The fourth-order valence-corrected chi connectivity index (χ4v) is 2.63. The van der Waals surface area contributed by atoms with E-state index in [0.717, 1.165) is 5.56 Å². The molecule has 1 aromatic rings. The SMILES string of the molecule is C=C(Br)CN1C(=O)C(C)(C)NC(=O)C1c1ccccc1. The van der Waals surface area contributed by atoms with Crippen LogP contribution in [0.4, 0.5) is 0 Å². The van der Waals surface area contributed by atoms with Gasteiger partial charge in [0.15, 0.2) is 0 Å². The maximum Gasteiger partial charge on any atom is 0.249 e. The standard InChI is InChI=1S/C15H17BrN2O2/c1-10(16)9-18-12(11-7-5-4-6-8-11)13(19)17-15(2,3)14(18)20/h4-8,12H,1,9H2,2-3H3,(H,17,19). The molecule has 0 aromatic heterocycles. The molecule has 0 radical (unpaired) electrons. The van der Waals surface area contributed by atoms with Crippen molar-refractivity contribution < 1.29 is 9.59 Å². The fraction of sp³-hybridized carbons (Fsp3) is 0.333. The van der Waals surface area contributed by atoms with Crippen LogP contribution in [0.3, 0.4) is 0 Å². The van der Waals surface area contributed by atoms with Crippen LogP contribution in [0.2, 0.25) is 0 Å². The van der Waals surface area contributed by atoms with E-state index >= 15 is 0 Å². The van der Waals surface area contributed by atoms with Crippen LogP contribution in [0.25, 0.3) is 0 Å². The van der Waals surface area contributed by atoms with E-state index in [0.29, 0.717) is 11.0 Å². The summed E-state index contributed by atoms with van der Waals surface area (Å²) in [6.07, 6.45) is 0. The van der Waals surface area contributed by atoms with Gasteiger partial charge in [0.1, 0.15) is 11.6 Å². The van der Waals surface area contributed by atoms with Gasteiger partial charge in [-0.2, -0.15) is 0 Å². The van der Waals surface area contributed by atoms with Crippen molar-refractivity contribution in [1.29, 1.82) is 0 Å². The number of carbonyl (C=O) groups is 2. The molecule has 0 spiro atoms. The Morgan fingerprint density at radius 1 is 1.35 bits per heavy atom. The number of benzene rings is 1. The summed E-state index contributed by atoms with van der Waals surface area (Å²) in [5, 5.41) is 2.78. The second-order valence-electron chi connectivity index (χ2n) is 5.38. The summed E-state index contributed by atoms with van der Waals surface area (Å²) in [4.78, 5) is 26.5. The quantitative estimate of drug-likeness (QED) is 0.921. The lowest BCUT2D eigenvalue weighted by Gasteiger charge is -2.42. The van der Waals surface area contributed by atoms with Crippen molar-refractivity contribution in [3.63, 3.8) is 0 Å². The van der Waals surface area contributed by atoms with E-state index < -0.39 is 11.6 Å². The largest absolute Gasteiger partial charge is 0.340 e. The molecule has 0 saturated carbocycles. The number of nitrogens with one attached hydrogen (secondary N) is 1. The van der Waals surface area contributed by atoms with Gasteiger partial charge >= 0.3 is 0 Å². The van der Waals surface area contributed by atoms with Crippen LogP contribution in [-0.2, 0) is 9.59 Å². The first-order valence-electron chi connectivity index (χ1n) is 6.34. The third kappa shape index (κ3) is 2.77. The number of hydrogen-bond donors (Lipinski definition) is 1. The second-order valence-corrected chi connectivity index (χ2v) is 6.50. The predicted molar refractivity (Wildman–Crippen MR) is 81.2 cm³/mol. The highest BCUT2D eigenvalue weighted by atomic mass is 79.9. The highest BCUT2D eigenvalue weighted by molar-refractivity contribution is 9.11. The Kier molecular flexibility index (Phi) is 3.99. The molecule has 5 heteroatoms. The van der Waals surface area contributed by atoms with Crippen LogP contribution in [0.1, 0.15) is 25.5 Å². The van der Waals surface area contributed by atoms with Gasteiger partial charge < -0.3 is 10.2 Å². The normalized spacial score (nSPS) is 21.6. The molecule has 106 valence electrons. The molecule has 1 heterocycles.